The molecule has 0 bridgehead atoms. The van der Waals surface area contributed by atoms with Gasteiger partial charge in [-0.3, -0.25) is 4.31 Å². The van der Waals surface area contributed by atoms with E-state index in [0.717, 1.165) is 6.54 Å². The molecule has 1 nitrogen and oxygen atoms in total. The highest BCUT2D eigenvalue weighted by molar-refractivity contribution is 7.77. The van der Waals surface area contributed by atoms with Crippen LogP contribution < -0.4 is 0 Å². The summed E-state index contributed by atoms with van der Waals surface area (Å²) in [7, 11) is 0. The van der Waals surface area contributed by atoms with Crippen molar-refractivity contribution < 1.29 is 0 Å². The van der Waals surface area contributed by atoms with Crippen molar-refractivity contribution in [1.29, 1.82) is 0 Å². The van der Waals surface area contributed by atoms with Gasteiger partial charge in [-0.05, 0) is 13.3 Å². The first-order valence-electron chi connectivity index (χ1n) is 7.17. The lowest BCUT2D eigenvalue weighted by Crippen LogP contribution is -2.23. The molecule has 0 heterocycles. The Morgan fingerprint density at radius 1 is 0.875 bits per heavy atom. The minimum atomic E-state index is 0.633. The quantitative estimate of drug-likeness (QED) is 0.393. The van der Waals surface area contributed by atoms with Crippen molar-refractivity contribution in [2.75, 3.05) is 6.54 Å². The molecule has 0 aliphatic heterocycles. The van der Waals surface area contributed by atoms with Gasteiger partial charge in [-0.2, -0.15) is 0 Å². The van der Waals surface area contributed by atoms with Crippen molar-refractivity contribution in [2.45, 2.75) is 84.6 Å². The van der Waals surface area contributed by atoms with Crippen LogP contribution in [0.4, 0.5) is 0 Å². The van der Waals surface area contributed by atoms with Crippen LogP contribution in [0.15, 0.2) is 0 Å². The van der Waals surface area contributed by atoms with Gasteiger partial charge in [-0.25, -0.2) is 0 Å². The molecule has 1 atom stereocenters. The summed E-state index contributed by atoms with van der Waals surface area (Å²) in [6, 6.07) is 0.633. The molecule has 0 N–H and O–H groups in total. The molecular formula is C14H31NS. The minimum absolute atomic E-state index is 0.633. The van der Waals surface area contributed by atoms with Crippen LogP contribution >= 0.6 is 12.8 Å². The molecule has 0 aliphatic rings. The van der Waals surface area contributed by atoms with Crippen molar-refractivity contribution in [1.82, 2.24) is 4.31 Å². The normalized spacial score (nSPS) is 13.3. The fourth-order valence-electron chi connectivity index (χ4n) is 2.03. The molecule has 0 aromatic heterocycles. The lowest BCUT2D eigenvalue weighted by molar-refractivity contribution is 0.361. The van der Waals surface area contributed by atoms with Crippen LogP contribution in [0.2, 0.25) is 0 Å². The second-order valence-electron chi connectivity index (χ2n) is 4.87. The predicted octanol–water partition coefficient (Wildman–Crippen LogP) is 5.07. The molecule has 0 saturated carbocycles. The highest BCUT2D eigenvalue weighted by Gasteiger charge is 2.06. The summed E-state index contributed by atoms with van der Waals surface area (Å²) in [4.78, 5) is 0. The number of nitrogens with zero attached hydrogens (tertiary/aromatic N) is 1. The van der Waals surface area contributed by atoms with Crippen molar-refractivity contribution in [3.8, 4) is 0 Å². The zero-order chi connectivity index (χ0) is 12.2. The van der Waals surface area contributed by atoms with E-state index in [0.29, 0.717) is 6.04 Å². The van der Waals surface area contributed by atoms with Crippen LogP contribution in [0.5, 0.6) is 0 Å². The molecule has 0 fully saturated rings. The van der Waals surface area contributed by atoms with Crippen LogP contribution in [-0.4, -0.2) is 16.9 Å². The van der Waals surface area contributed by atoms with E-state index in [1.807, 2.05) is 0 Å². The van der Waals surface area contributed by atoms with Gasteiger partial charge in [0.15, 0.2) is 0 Å². The Hall–Kier alpha value is 0.310. The lowest BCUT2D eigenvalue weighted by Gasteiger charge is -2.21. The first kappa shape index (κ1) is 16.3. The Kier molecular flexibility index (Phi) is 12.0. The third-order valence-electron chi connectivity index (χ3n) is 3.31. The first-order chi connectivity index (χ1) is 7.72. The third kappa shape index (κ3) is 9.53. The molecule has 2 heteroatoms. The molecule has 0 rings (SSSR count). The zero-order valence-corrected chi connectivity index (χ0v) is 12.4. The van der Waals surface area contributed by atoms with E-state index in [2.05, 4.69) is 37.9 Å². The molecule has 16 heavy (non-hydrogen) atoms. The molecule has 1 unspecified atom stereocenters. The standard InChI is InChI=1S/C14H31NS/c1-4-6-7-8-9-10-11-12-13-14(3)15(16)5-2/h14,16H,4-13H2,1-3H3. The summed E-state index contributed by atoms with van der Waals surface area (Å²) in [5.74, 6) is 0. The van der Waals surface area contributed by atoms with Crippen molar-refractivity contribution in [3.05, 3.63) is 0 Å². The largest absolute Gasteiger partial charge is 0.251 e. The summed E-state index contributed by atoms with van der Waals surface area (Å²) in [6.07, 6.45) is 12.6. The highest BCUT2D eigenvalue weighted by Crippen LogP contribution is 2.13. The van der Waals surface area contributed by atoms with Gasteiger partial charge in [0.05, 0.1) is 0 Å². The van der Waals surface area contributed by atoms with E-state index in [9.17, 15) is 0 Å². The Labute approximate surface area is 109 Å². The number of rotatable bonds is 11. The minimum Gasteiger partial charge on any atom is -0.251 e. The molecule has 0 aliphatic carbocycles. The van der Waals surface area contributed by atoms with Gasteiger partial charge in [0.2, 0.25) is 0 Å². The second kappa shape index (κ2) is 11.8. The lowest BCUT2D eigenvalue weighted by atomic mass is 10.1. The maximum absolute atomic E-state index is 4.44. The number of unbranched alkanes of at least 4 members (excludes halogenated alkanes) is 7. The third-order valence-corrected chi connectivity index (χ3v) is 3.99. The van der Waals surface area contributed by atoms with Crippen molar-refractivity contribution in [3.63, 3.8) is 0 Å². The Morgan fingerprint density at radius 3 is 1.88 bits per heavy atom. The monoisotopic (exact) mass is 245 g/mol. The van der Waals surface area contributed by atoms with Gasteiger partial charge in [-0.15, -0.1) is 0 Å². The fourth-order valence-corrected chi connectivity index (χ4v) is 2.15. The Balaban J connectivity index is 3.14. The average molecular weight is 245 g/mol. The van der Waals surface area contributed by atoms with Crippen molar-refractivity contribution in [2.24, 2.45) is 0 Å². The van der Waals surface area contributed by atoms with Gasteiger partial charge in [0.1, 0.15) is 0 Å². The van der Waals surface area contributed by atoms with Gasteiger partial charge >= 0.3 is 0 Å². The SMILES string of the molecule is CCCCCCCCCCC(C)N(S)CC. The Bertz CT molecular complexity index is 139. The number of thiol groups is 1. The summed E-state index contributed by atoms with van der Waals surface area (Å²) in [5.41, 5.74) is 0. The molecule has 0 aromatic rings. The Morgan fingerprint density at radius 2 is 1.38 bits per heavy atom. The van der Waals surface area contributed by atoms with E-state index in [1.54, 1.807) is 0 Å². The van der Waals surface area contributed by atoms with Crippen molar-refractivity contribution >= 4 is 12.8 Å². The summed E-state index contributed by atoms with van der Waals surface area (Å²) >= 11 is 4.44. The van der Waals surface area contributed by atoms with E-state index < -0.39 is 0 Å². The average Bonchev–Trinajstić information content (AvgIpc) is 2.31. The van der Waals surface area contributed by atoms with Gasteiger partial charge in [0, 0.05) is 12.6 Å². The van der Waals surface area contributed by atoms with E-state index >= 15 is 0 Å². The summed E-state index contributed by atoms with van der Waals surface area (Å²) < 4.78 is 2.14. The second-order valence-corrected chi connectivity index (χ2v) is 5.38. The number of hydrogen-bond donors (Lipinski definition) is 1. The van der Waals surface area contributed by atoms with E-state index in [1.165, 1.54) is 57.8 Å². The van der Waals surface area contributed by atoms with Crippen LogP contribution in [0.1, 0.15) is 78.6 Å². The van der Waals surface area contributed by atoms with Crippen LogP contribution in [-0.2, 0) is 0 Å². The van der Waals surface area contributed by atoms with Gasteiger partial charge in [-0.1, -0.05) is 78.0 Å². The van der Waals surface area contributed by atoms with Gasteiger partial charge < -0.3 is 0 Å². The maximum atomic E-state index is 4.44. The molecule has 0 spiro atoms. The van der Waals surface area contributed by atoms with E-state index in [-0.39, 0.29) is 0 Å². The molecule has 0 amide bonds. The van der Waals surface area contributed by atoms with Crippen LogP contribution in [0, 0.1) is 0 Å². The molecule has 0 saturated heterocycles. The van der Waals surface area contributed by atoms with Crippen LogP contribution in [0.3, 0.4) is 0 Å². The first-order valence-corrected chi connectivity index (χ1v) is 7.57. The van der Waals surface area contributed by atoms with E-state index in [4.69, 9.17) is 0 Å². The zero-order valence-electron chi connectivity index (χ0n) is 11.5. The maximum Gasteiger partial charge on any atom is 0.0171 e. The smallest absolute Gasteiger partial charge is 0.0171 e. The molecule has 0 radical (unpaired) electrons. The van der Waals surface area contributed by atoms with Gasteiger partial charge in [0.25, 0.3) is 0 Å². The predicted molar refractivity (Wildman–Crippen MR) is 78.1 cm³/mol. The topological polar surface area (TPSA) is 3.24 Å². The number of hydrogen-bond acceptors (Lipinski definition) is 2. The fraction of sp³-hybridized carbons (Fsp3) is 1.00. The van der Waals surface area contributed by atoms with Crippen LogP contribution in [0.25, 0.3) is 0 Å². The molecular weight excluding hydrogens is 214 g/mol. The molecule has 98 valence electrons. The molecule has 0 aromatic carbocycles. The summed E-state index contributed by atoms with van der Waals surface area (Å²) in [6.45, 7) is 7.76. The summed E-state index contributed by atoms with van der Waals surface area (Å²) in [5, 5.41) is 0. The highest BCUT2D eigenvalue weighted by atomic mass is 32.1.